The third-order valence-corrected chi connectivity index (χ3v) is 2.34. The molecule has 13 heavy (non-hydrogen) atoms. The molecule has 1 unspecified atom stereocenters. The molecule has 0 aromatic heterocycles. The minimum atomic E-state index is 0.381. The van der Waals surface area contributed by atoms with Crippen LogP contribution in [-0.2, 0) is 0 Å². The molecule has 2 nitrogen and oxygen atoms in total. The number of rotatable bonds is 4. The summed E-state index contributed by atoms with van der Waals surface area (Å²) >= 11 is 0. The lowest BCUT2D eigenvalue weighted by Gasteiger charge is -2.20. The van der Waals surface area contributed by atoms with E-state index in [1.807, 2.05) is 18.2 Å². The zero-order valence-corrected chi connectivity index (χ0v) is 8.20. The lowest BCUT2D eigenvalue weighted by Crippen LogP contribution is -2.21. The molecule has 0 radical (unpaired) electrons. The van der Waals surface area contributed by atoms with E-state index in [1.165, 1.54) is 5.56 Å². The van der Waals surface area contributed by atoms with E-state index in [9.17, 15) is 0 Å². The second kappa shape index (κ2) is 5.00. The highest BCUT2D eigenvalue weighted by molar-refractivity contribution is 5.20. The van der Waals surface area contributed by atoms with Crippen molar-refractivity contribution in [3.8, 4) is 0 Å². The second-order valence-electron chi connectivity index (χ2n) is 3.62. The second-order valence-corrected chi connectivity index (χ2v) is 3.62. The monoisotopic (exact) mass is 179 g/mol. The Labute approximate surface area is 79.6 Å². The minimum absolute atomic E-state index is 0.381. The van der Waals surface area contributed by atoms with E-state index in [0.29, 0.717) is 18.4 Å². The van der Waals surface area contributed by atoms with Crippen LogP contribution in [0.5, 0.6) is 0 Å². The summed E-state index contributed by atoms with van der Waals surface area (Å²) in [4.78, 5) is 0. The third kappa shape index (κ3) is 2.83. The highest BCUT2D eigenvalue weighted by Crippen LogP contribution is 2.22. The van der Waals surface area contributed by atoms with Crippen molar-refractivity contribution in [3.05, 3.63) is 35.9 Å². The quantitative estimate of drug-likeness (QED) is 0.696. The maximum Gasteiger partial charge on any atom is 0.0278 e. The molecule has 0 heterocycles. The Morgan fingerprint density at radius 2 is 1.85 bits per heavy atom. The number of hydrogen-bond donors (Lipinski definition) is 2. The van der Waals surface area contributed by atoms with Crippen LogP contribution in [0.15, 0.2) is 30.3 Å². The van der Waals surface area contributed by atoms with Crippen molar-refractivity contribution in [2.24, 2.45) is 5.92 Å². The van der Waals surface area contributed by atoms with Gasteiger partial charge >= 0.3 is 0 Å². The van der Waals surface area contributed by atoms with Gasteiger partial charge < -0.3 is 5.21 Å². The fourth-order valence-corrected chi connectivity index (χ4v) is 1.54. The summed E-state index contributed by atoms with van der Waals surface area (Å²) in [5.41, 5.74) is 3.52. The van der Waals surface area contributed by atoms with Gasteiger partial charge in [0, 0.05) is 12.5 Å². The van der Waals surface area contributed by atoms with Crippen molar-refractivity contribution < 1.29 is 5.21 Å². The normalized spacial score (nSPS) is 13.2. The average Bonchev–Trinajstić information content (AvgIpc) is 2.15. The largest absolute Gasteiger partial charge is 0.317 e. The van der Waals surface area contributed by atoms with E-state index in [-0.39, 0.29) is 0 Å². The van der Waals surface area contributed by atoms with Gasteiger partial charge in [-0.1, -0.05) is 44.2 Å². The summed E-state index contributed by atoms with van der Waals surface area (Å²) in [6, 6.07) is 10.3. The van der Waals surface area contributed by atoms with Crippen LogP contribution in [0.4, 0.5) is 0 Å². The van der Waals surface area contributed by atoms with Crippen molar-refractivity contribution in [2.45, 2.75) is 19.8 Å². The summed E-state index contributed by atoms with van der Waals surface area (Å²) in [5.74, 6) is 0.910. The topological polar surface area (TPSA) is 32.3 Å². The molecular weight excluding hydrogens is 162 g/mol. The number of hydroxylamine groups is 1. The Morgan fingerprint density at radius 1 is 1.23 bits per heavy atom. The van der Waals surface area contributed by atoms with E-state index in [1.54, 1.807) is 0 Å². The summed E-state index contributed by atoms with van der Waals surface area (Å²) < 4.78 is 0. The Morgan fingerprint density at radius 3 is 2.31 bits per heavy atom. The zero-order valence-electron chi connectivity index (χ0n) is 8.20. The van der Waals surface area contributed by atoms with Crippen LogP contribution in [0.1, 0.15) is 25.3 Å². The van der Waals surface area contributed by atoms with Crippen molar-refractivity contribution in [1.29, 1.82) is 0 Å². The van der Waals surface area contributed by atoms with Crippen molar-refractivity contribution >= 4 is 0 Å². The van der Waals surface area contributed by atoms with E-state index in [2.05, 4.69) is 31.5 Å². The first-order chi connectivity index (χ1) is 6.25. The first-order valence-electron chi connectivity index (χ1n) is 4.67. The molecule has 1 aromatic rings. The summed E-state index contributed by atoms with van der Waals surface area (Å²) in [7, 11) is 0. The van der Waals surface area contributed by atoms with Gasteiger partial charge in [0.05, 0.1) is 0 Å². The lowest BCUT2D eigenvalue weighted by atomic mass is 9.89. The molecule has 0 amide bonds. The first-order valence-corrected chi connectivity index (χ1v) is 4.67. The SMILES string of the molecule is CC(C)C(CNO)c1ccccc1. The maximum absolute atomic E-state index is 8.70. The average molecular weight is 179 g/mol. The Bertz CT molecular complexity index is 233. The van der Waals surface area contributed by atoms with Gasteiger partial charge in [-0.25, -0.2) is 5.48 Å². The Balaban J connectivity index is 2.76. The molecule has 0 fully saturated rings. The lowest BCUT2D eigenvalue weighted by molar-refractivity contribution is 0.153. The first kappa shape index (κ1) is 10.2. The molecule has 0 bridgehead atoms. The summed E-state index contributed by atoms with van der Waals surface area (Å²) in [6.07, 6.45) is 0. The van der Waals surface area contributed by atoms with E-state index in [0.717, 1.165) is 0 Å². The third-order valence-electron chi connectivity index (χ3n) is 2.34. The molecule has 1 aromatic carbocycles. The molecule has 0 aliphatic carbocycles. The molecule has 72 valence electrons. The highest BCUT2D eigenvalue weighted by Gasteiger charge is 2.14. The van der Waals surface area contributed by atoms with Crippen LogP contribution in [0.25, 0.3) is 0 Å². The molecule has 0 saturated heterocycles. The predicted molar refractivity (Wildman–Crippen MR) is 53.8 cm³/mol. The Hall–Kier alpha value is -0.860. The molecule has 0 spiro atoms. The van der Waals surface area contributed by atoms with Crippen molar-refractivity contribution in [3.63, 3.8) is 0 Å². The van der Waals surface area contributed by atoms with Crippen LogP contribution in [0.3, 0.4) is 0 Å². The fourth-order valence-electron chi connectivity index (χ4n) is 1.54. The molecule has 2 heteroatoms. The van der Waals surface area contributed by atoms with Gasteiger partial charge in [-0.15, -0.1) is 0 Å². The zero-order chi connectivity index (χ0) is 9.68. The van der Waals surface area contributed by atoms with Crippen molar-refractivity contribution in [1.82, 2.24) is 5.48 Å². The highest BCUT2D eigenvalue weighted by atomic mass is 16.5. The molecule has 0 aliphatic heterocycles. The van der Waals surface area contributed by atoms with Gasteiger partial charge in [0.25, 0.3) is 0 Å². The van der Waals surface area contributed by atoms with E-state index in [4.69, 9.17) is 5.21 Å². The van der Waals surface area contributed by atoms with Crippen LogP contribution >= 0.6 is 0 Å². The summed E-state index contributed by atoms with van der Waals surface area (Å²) in [5, 5.41) is 8.70. The fraction of sp³-hybridized carbons (Fsp3) is 0.455. The number of hydrogen-bond acceptors (Lipinski definition) is 2. The molecule has 1 atom stereocenters. The molecule has 0 aliphatic rings. The molecule has 2 N–H and O–H groups in total. The molecular formula is C11H17NO. The van der Waals surface area contributed by atoms with Crippen LogP contribution in [-0.4, -0.2) is 11.8 Å². The van der Waals surface area contributed by atoms with Crippen molar-refractivity contribution in [2.75, 3.05) is 6.54 Å². The van der Waals surface area contributed by atoms with E-state index >= 15 is 0 Å². The van der Waals surface area contributed by atoms with Gasteiger partial charge in [-0.2, -0.15) is 0 Å². The molecule has 1 rings (SSSR count). The standard InChI is InChI=1S/C11H17NO/c1-9(2)11(8-12-13)10-6-4-3-5-7-10/h3-7,9,11-13H,8H2,1-2H3. The number of nitrogens with one attached hydrogen (secondary N) is 1. The van der Waals surface area contributed by atoms with Gasteiger partial charge in [0.1, 0.15) is 0 Å². The van der Waals surface area contributed by atoms with Gasteiger partial charge in [-0.05, 0) is 11.5 Å². The van der Waals surface area contributed by atoms with Gasteiger partial charge in [0.15, 0.2) is 0 Å². The van der Waals surface area contributed by atoms with Crippen LogP contribution < -0.4 is 5.48 Å². The van der Waals surface area contributed by atoms with E-state index < -0.39 is 0 Å². The predicted octanol–water partition coefficient (Wildman–Crippen LogP) is 2.41. The van der Waals surface area contributed by atoms with Gasteiger partial charge in [-0.3, -0.25) is 0 Å². The smallest absolute Gasteiger partial charge is 0.0278 e. The molecule has 0 saturated carbocycles. The number of benzene rings is 1. The Kier molecular flexibility index (Phi) is 3.93. The summed E-state index contributed by atoms with van der Waals surface area (Å²) in [6.45, 7) is 4.94. The minimum Gasteiger partial charge on any atom is -0.317 e. The van der Waals surface area contributed by atoms with Gasteiger partial charge in [0.2, 0.25) is 0 Å². The van der Waals surface area contributed by atoms with Crippen LogP contribution in [0, 0.1) is 5.92 Å². The van der Waals surface area contributed by atoms with Crippen LogP contribution in [0.2, 0.25) is 0 Å². The maximum atomic E-state index is 8.70.